The molecule has 7 nitrogen and oxygen atoms in total. The lowest BCUT2D eigenvalue weighted by molar-refractivity contribution is -0.167. The number of rotatable bonds is 10. The van der Waals surface area contributed by atoms with Crippen LogP contribution in [0, 0.1) is 5.41 Å². The van der Waals surface area contributed by atoms with Gasteiger partial charge in [0.15, 0.2) is 0 Å². The Morgan fingerprint density at radius 2 is 1.44 bits per heavy atom. The Morgan fingerprint density at radius 1 is 0.765 bits per heavy atom. The Balaban J connectivity index is 1.45. The smallest absolute Gasteiger partial charge is 0.324 e. The van der Waals surface area contributed by atoms with Crippen LogP contribution in [-0.4, -0.2) is 33.7 Å². The van der Waals surface area contributed by atoms with E-state index in [4.69, 9.17) is 9.47 Å². The largest absolute Gasteiger partial charge is 0.492 e. The van der Waals surface area contributed by atoms with Crippen molar-refractivity contribution in [1.29, 1.82) is 0 Å². The monoisotopic (exact) mass is 457 g/mol. The molecular weight excluding hydrogens is 434 g/mol. The highest BCUT2D eigenvalue weighted by Crippen LogP contribution is 2.28. The number of aromatic nitrogens is 1. The van der Waals surface area contributed by atoms with Gasteiger partial charge in [-0.25, -0.2) is 4.98 Å². The van der Waals surface area contributed by atoms with Crippen molar-refractivity contribution in [1.82, 2.24) is 4.98 Å². The van der Waals surface area contributed by atoms with Gasteiger partial charge in [0.25, 0.3) is 0 Å². The fourth-order valence-electron chi connectivity index (χ4n) is 3.57. The maximum atomic E-state index is 12.0. The number of fused-ring (bicyclic) bond motifs is 1. The molecule has 0 aliphatic rings. The summed E-state index contributed by atoms with van der Waals surface area (Å²) in [6.45, 7) is -0.307. The lowest BCUT2D eigenvalue weighted by Crippen LogP contribution is -2.46. The van der Waals surface area contributed by atoms with E-state index in [0.29, 0.717) is 17.1 Å². The van der Waals surface area contributed by atoms with Crippen LogP contribution in [-0.2, 0) is 22.6 Å². The van der Waals surface area contributed by atoms with Crippen molar-refractivity contribution in [2.45, 2.75) is 13.0 Å². The molecule has 34 heavy (non-hydrogen) atoms. The summed E-state index contributed by atoms with van der Waals surface area (Å²) in [6, 6.07) is 26.9. The summed E-state index contributed by atoms with van der Waals surface area (Å²) < 4.78 is 11.5. The lowest BCUT2D eigenvalue weighted by Gasteiger charge is -2.25. The number of para-hydroxylation sites is 1. The molecule has 0 spiro atoms. The first-order valence-electron chi connectivity index (χ1n) is 10.7. The van der Waals surface area contributed by atoms with Crippen LogP contribution in [0.1, 0.15) is 11.3 Å². The van der Waals surface area contributed by atoms with E-state index in [1.54, 1.807) is 54.6 Å². The van der Waals surface area contributed by atoms with Gasteiger partial charge in [-0.2, -0.15) is 0 Å². The van der Waals surface area contributed by atoms with E-state index in [9.17, 15) is 19.8 Å². The molecule has 3 aromatic carbocycles. The van der Waals surface area contributed by atoms with Crippen molar-refractivity contribution < 1.29 is 29.3 Å². The number of pyridine rings is 1. The molecule has 0 amide bonds. The quantitative estimate of drug-likeness (QED) is 0.336. The van der Waals surface area contributed by atoms with Gasteiger partial charge in [-0.3, -0.25) is 9.59 Å². The van der Waals surface area contributed by atoms with Crippen LogP contribution < -0.4 is 9.47 Å². The summed E-state index contributed by atoms with van der Waals surface area (Å²) in [5, 5.41) is 20.6. The van der Waals surface area contributed by atoms with Crippen molar-refractivity contribution in [2.24, 2.45) is 5.41 Å². The molecule has 7 heteroatoms. The Morgan fingerprint density at radius 3 is 2.18 bits per heavy atom. The highest BCUT2D eigenvalue weighted by molar-refractivity contribution is 5.98. The van der Waals surface area contributed by atoms with Gasteiger partial charge < -0.3 is 19.7 Å². The van der Waals surface area contributed by atoms with Crippen LogP contribution >= 0.6 is 0 Å². The molecule has 0 saturated heterocycles. The maximum absolute atomic E-state index is 12.0. The fraction of sp³-hybridized carbons (Fsp3) is 0.148. The predicted octanol–water partition coefficient (Wildman–Crippen LogP) is 4.59. The molecule has 1 heterocycles. The van der Waals surface area contributed by atoms with Crippen molar-refractivity contribution in [3.63, 3.8) is 0 Å². The third kappa shape index (κ3) is 5.15. The minimum Gasteiger partial charge on any atom is -0.492 e. The minimum atomic E-state index is -2.13. The summed E-state index contributed by atoms with van der Waals surface area (Å²) >= 11 is 0. The number of hydrogen-bond donors (Lipinski definition) is 2. The number of carbonyl (C=O) groups is 2. The lowest BCUT2D eigenvalue weighted by atomic mass is 9.82. The molecule has 0 bridgehead atoms. The molecule has 0 atom stereocenters. The fourth-order valence-corrected chi connectivity index (χ4v) is 3.57. The molecule has 4 aromatic rings. The van der Waals surface area contributed by atoms with Crippen molar-refractivity contribution in [3.05, 3.63) is 102 Å². The molecule has 0 radical (unpaired) electrons. The first kappa shape index (κ1) is 22.8. The summed E-state index contributed by atoms with van der Waals surface area (Å²) in [5.74, 6) is -2.12. The topological polar surface area (TPSA) is 106 Å². The average Bonchev–Trinajstić information content (AvgIpc) is 2.85. The van der Waals surface area contributed by atoms with Gasteiger partial charge in [0.05, 0.1) is 11.2 Å². The number of carboxylic acids is 2. The molecule has 0 fully saturated rings. The van der Waals surface area contributed by atoms with Gasteiger partial charge >= 0.3 is 11.9 Å². The average molecular weight is 457 g/mol. The second-order valence-corrected chi connectivity index (χ2v) is 7.90. The van der Waals surface area contributed by atoms with Crippen molar-refractivity contribution in [3.8, 4) is 11.5 Å². The number of hydrogen-bond acceptors (Lipinski definition) is 5. The van der Waals surface area contributed by atoms with E-state index in [1.807, 2.05) is 36.4 Å². The number of nitrogens with zero attached hydrogens (tertiary/aromatic N) is 1. The first-order chi connectivity index (χ1) is 16.5. The van der Waals surface area contributed by atoms with Crippen LogP contribution in [0.4, 0.5) is 0 Å². The number of carboxylic acid groups (broad SMARTS) is 2. The molecule has 2 N–H and O–H groups in total. The standard InChI is InChI=1S/C27H23NO6/c29-25(30)27(26(31)32,16-19-7-2-1-3-8-19)18-34-23-11-6-10-22(15-23)33-17-21-14-13-20-9-4-5-12-24(20)28-21/h1-15H,16-18H2,(H,29,30)(H,31,32). The second-order valence-electron chi connectivity index (χ2n) is 7.90. The molecular formula is C27H23NO6. The van der Waals surface area contributed by atoms with Gasteiger partial charge in [-0.1, -0.05) is 60.7 Å². The Kier molecular flexibility index (Phi) is 6.73. The Hall–Kier alpha value is -4.39. The summed E-state index contributed by atoms with van der Waals surface area (Å²) in [5.41, 5.74) is 0.0880. The Labute approximate surface area is 196 Å². The van der Waals surface area contributed by atoms with Gasteiger partial charge in [-0.15, -0.1) is 0 Å². The van der Waals surface area contributed by atoms with E-state index in [-0.39, 0.29) is 13.0 Å². The van der Waals surface area contributed by atoms with Crippen LogP contribution in [0.3, 0.4) is 0 Å². The van der Waals surface area contributed by atoms with Crippen LogP contribution in [0.2, 0.25) is 0 Å². The zero-order valence-corrected chi connectivity index (χ0v) is 18.3. The second kappa shape index (κ2) is 10.0. The van der Waals surface area contributed by atoms with Crippen LogP contribution in [0.5, 0.6) is 11.5 Å². The van der Waals surface area contributed by atoms with Gasteiger partial charge in [0, 0.05) is 17.9 Å². The molecule has 0 unspecified atom stereocenters. The first-order valence-corrected chi connectivity index (χ1v) is 10.7. The number of ether oxygens (including phenoxy) is 2. The number of benzene rings is 3. The molecule has 1 aromatic heterocycles. The summed E-state index contributed by atoms with van der Waals surface area (Å²) in [6.07, 6.45) is -0.206. The molecule has 0 aliphatic heterocycles. The SMILES string of the molecule is O=C(O)C(COc1cccc(OCc2ccc3ccccc3n2)c1)(Cc1ccccc1)C(=O)O. The number of aliphatic carboxylic acids is 2. The summed E-state index contributed by atoms with van der Waals surface area (Å²) in [4.78, 5) is 28.6. The zero-order chi connectivity index (χ0) is 24.0. The van der Waals surface area contributed by atoms with Crippen molar-refractivity contribution in [2.75, 3.05) is 6.61 Å². The van der Waals surface area contributed by atoms with Crippen molar-refractivity contribution >= 4 is 22.8 Å². The molecule has 0 saturated carbocycles. The zero-order valence-electron chi connectivity index (χ0n) is 18.3. The third-order valence-electron chi connectivity index (χ3n) is 5.50. The van der Waals surface area contributed by atoms with Crippen LogP contribution in [0.25, 0.3) is 10.9 Å². The van der Waals surface area contributed by atoms with E-state index in [2.05, 4.69) is 4.98 Å². The van der Waals surface area contributed by atoms with Gasteiger partial charge in [0.2, 0.25) is 5.41 Å². The van der Waals surface area contributed by atoms with Gasteiger partial charge in [-0.05, 0) is 29.8 Å². The highest BCUT2D eigenvalue weighted by atomic mass is 16.5. The van der Waals surface area contributed by atoms with E-state index < -0.39 is 24.0 Å². The van der Waals surface area contributed by atoms with E-state index >= 15 is 0 Å². The third-order valence-corrected chi connectivity index (χ3v) is 5.50. The maximum Gasteiger partial charge on any atom is 0.324 e. The molecule has 0 aliphatic carbocycles. The highest BCUT2D eigenvalue weighted by Gasteiger charge is 2.48. The normalized spacial score (nSPS) is 11.2. The van der Waals surface area contributed by atoms with E-state index in [1.165, 1.54) is 0 Å². The molecule has 172 valence electrons. The van der Waals surface area contributed by atoms with Crippen LogP contribution in [0.15, 0.2) is 91.0 Å². The van der Waals surface area contributed by atoms with E-state index in [0.717, 1.165) is 16.6 Å². The minimum absolute atomic E-state index is 0.206. The molecule has 4 rings (SSSR count). The van der Waals surface area contributed by atoms with Gasteiger partial charge in [0.1, 0.15) is 24.7 Å². The Bertz CT molecular complexity index is 1290. The predicted molar refractivity (Wildman–Crippen MR) is 126 cm³/mol. The summed E-state index contributed by atoms with van der Waals surface area (Å²) in [7, 11) is 0.